The van der Waals surface area contributed by atoms with Crippen molar-refractivity contribution >= 4 is 16.8 Å². The summed E-state index contributed by atoms with van der Waals surface area (Å²) >= 11 is 0. The molecule has 1 aromatic carbocycles. The Morgan fingerprint density at radius 3 is 2.96 bits per heavy atom. The number of nitrogens with zero attached hydrogens (tertiary/aromatic N) is 4. The molecule has 6 nitrogen and oxygen atoms in total. The number of aryl methyl sites for hydroxylation is 3. The summed E-state index contributed by atoms with van der Waals surface area (Å²) in [5.41, 5.74) is 4.70. The van der Waals surface area contributed by atoms with E-state index in [0.29, 0.717) is 5.82 Å². The van der Waals surface area contributed by atoms with Crippen LogP contribution in [0, 0.1) is 19.8 Å². The quantitative estimate of drug-likeness (QED) is 0.706. The lowest BCUT2D eigenvalue weighted by Gasteiger charge is -2.31. The molecule has 1 aliphatic heterocycles. The van der Waals surface area contributed by atoms with E-state index in [0.717, 1.165) is 55.8 Å². The van der Waals surface area contributed by atoms with Crippen molar-refractivity contribution in [2.24, 2.45) is 13.0 Å². The van der Waals surface area contributed by atoms with Gasteiger partial charge in [-0.1, -0.05) is 6.07 Å². The largest absolute Gasteiger partial charge is 0.342 e. The second kappa shape index (κ2) is 7.27. The summed E-state index contributed by atoms with van der Waals surface area (Å²) in [6.45, 7) is 7.02. The van der Waals surface area contributed by atoms with Crippen LogP contribution in [-0.4, -0.2) is 49.8 Å². The third kappa shape index (κ3) is 3.54. The van der Waals surface area contributed by atoms with Gasteiger partial charge < -0.3 is 14.5 Å². The third-order valence-electron chi connectivity index (χ3n) is 5.81. The highest BCUT2D eigenvalue weighted by molar-refractivity contribution is 5.95. The molecule has 1 N–H and O–H groups in total. The lowest BCUT2D eigenvalue weighted by molar-refractivity contribution is 0.0807. The van der Waals surface area contributed by atoms with Crippen molar-refractivity contribution in [3.63, 3.8) is 0 Å². The highest BCUT2D eigenvalue weighted by Gasteiger charge is 2.28. The Balaban J connectivity index is 1.40. The number of likely N-dealkylation sites (tertiary alicyclic amines) is 1. The number of aromatic amines is 1. The number of hydrogen-bond acceptors (Lipinski definition) is 4. The Morgan fingerprint density at radius 2 is 2.19 bits per heavy atom. The third-order valence-corrected chi connectivity index (χ3v) is 5.81. The van der Waals surface area contributed by atoms with Crippen molar-refractivity contribution in [1.82, 2.24) is 24.4 Å². The maximum Gasteiger partial charge on any atom is 0.202 e. The van der Waals surface area contributed by atoms with E-state index in [-0.39, 0.29) is 11.7 Å². The first-order valence-electron chi connectivity index (χ1n) is 9.71. The molecular weight excluding hydrogens is 338 g/mol. The molecule has 1 atom stereocenters. The molecule has 0 spiro atoms. The molecule has 3 heterocycles. The summed E-state index contributed by atoms with van der Waals surface area (Å²) in [7, 11) is 1.88. The number of ketones is 1. The molecule has 1 unspecified atom stereocenters. The number of H-pyrrole nitrogens is 1. The summed E-state index contributed by atoms with van der Waals surface area (Å²) in [6.07, 6.45) is 6.40. The molecular formula is C21H27N5O. The molecule has 0 bridgehead atoms. The van der Waals surface area contributed by atoms with E-state index in [4.69, 9.17) is 4.98 Å². The molecule has 1 fully saturated rings. The first-order valence-corrected chi connectivity index (χ1v) is 9.71. The number of carbonyl (C=O) groups is 1. The van der Waals surface area contributed by atoms with Crippen LogP contribution in [0.5, 0.6) is 0 Å². The molecule has 2 aromatic heterocycles. The van der Waals surface area contributed by atoms with Gasteiger partial charge in [0, 0.05) is 44.9 Å². The zero-order valence-corrected chi connectivity index (χ0v) is 16.3. The molecule has 1 aliphatic rings. The number of carbonyl (C=O) groups excluding carboxylic acids is 1. The zero-order chi connectivity index (χ0) is 19.0. The van der Waals surface area contributed by atoms with Crippen LogP contribution >= 0.6 is 0 Å². The van der Waals surface area contributed by atoms with Gasteiger partial charge in [0.05, 0.1) is 11.0 Å². The molecule has 0 saturated carbocycles. The van der Waals surface area contributed by atoms with Gasteiger partial charge in [-0.05, 0) is 50.4 Å². The minimum atomic E-state index is 0.0421. The van der Waals surface area contributed by atoms with Crippen molar-refractivity contribution in [3.05, 3.63) is 47.3 Å². The Hall–Kier alpha value is -2.47. The van der Waals surface area contributed by atoms with Gasteiger partial charge in [-0.2, -0.15) is 0 Å². The highest BCUT2D eigenvalue weighted by atomic mass is 16.1. The summed E-state index contributed by atoms with van der Waals surface area (Å²) in [6, 6.07) is 4.24. The van der Waals surface area contributed by atoms with Crippen LogP contribution in [0.4, 0.5) is 0 Å². The van der Waals surface area contributed by atoms with Crippen LogP contribution in [0.15, 0.2) is 24.5 Å². The fourth-order valence-corrected chi connectivity index (χ4v) is 4.01. The fourth-order valence-electron chi connectivity index (χ4n) is 4.01. The molecule has 3 aromatic rings. The molecule has 0 aliphatic carbocycles. The van der Waals surface area contributed by atoms with E-state index in [1.807, 2.05) is 17.8 Å². The van der Waals surface area contributed by atoms with Crippen LogP contribution in [0.1, 0.15) is 40.4 Å². The van der Waals surface area contributed by atoms with Crippen molar-refractivity contribution in [2.75, 3.05) is 19.6 Å². The van der Waals surface area contributed by atoms with Crippen LogP contribution in [-0.2, 0) is 13.5 Å². The van der Waals surface area contributed by atoms with Crippen LogP contribution in [0.25, 0.3) is 11.0 Å². The fraction of sp³-hybridized carbons (Fsp3) is 0.476. The molecule has 4 rings (SSSR count). The maximum absolute atomic E-state index is 12.8. The molecule has 6 heteroatoms. The number of nitrogens with one attached hydrogen (secondary N) is 1. The number of Topliss-reactive ketones (excluding diaryl/α,β-unsaturated/α-hetero) is 1. The van der Waals surface area contributed by atoms with Crippen molar-refractivity contribution in [1.29, 1.82) is 0 Å². The first kappa shape index (κ1) is 17.9. The van der Waals surface area contributed by atoms with Crippen molar-refractivity contribution in [2.45, 2.75) is 33.1 Å². The maximum atomic E-state index is 12.8. The van der Waals surface area contributed by atoms with Gasteiger partial charge in [0.25, 0.3) is 0 Å². The molecule has 0 radical (unpaired) electrons. The summed E-state index contributed by atoms with van der Waals surface area (Å²) in [4.78, 5) is 27.6. The standard InChI is InChI=1S/C21H27N5O/c1-14-6-7-17-19(15(14)2)24-18(23-17)8-11-26-10-4-5-16(13-26)20(27)21-22-9-12-25(21)3/h6-7,9,12,16H,4-5,8,10-11,13H2,1-3H3,(H,23,24). The minimum Gasteiger partial charge on any atom is -0.342 e. The van der Waals surface area contributed by atoms with Gasteiger partial charge in [-0.3, -0.25) is 4.79 Å². The van der Waals surface area contributed by atoms with Crippen LogP contribution < -0.4 is 0 Å². The number of hydrogen-bond donors (Lipinski definition) is 1. The van der Waals surface area contributed by atoms with Crippen molar-refractivity contribution < 1.29 is 4.79 Å². The molecule has 27 heavy (non-hydrogen) atoms. The lowest BCUT2D eigenvalue weighted by Crippen LogP contribution is -2.40. The van der Waals surface area contributed by atoms with Crippen LogP contribution in [0.2, 0.25) is 0 Å². The zero-order valence-electron chi connectivity index (χ0n) is 16.3. The lowest BCUT2D eigenvalue weighted by atomic mass is 9.93. The van der Waals surface area contributed by atoms with Crippen LogP contribution in [0.3, 0.4) is 0 Å². The Morgan fingerprint density at radius 1 is 1.33 bits per heavy atom. The van der Waals surface area contributed by atoms with Gasteiger partial charge >= 0.3 is 0 Å². The number of benzene rings is 1. The number of piperidine rings is 1. The van der Waals surface area contributed by atoms with Gasteiger partial charge in [0.2, 0.25) is 5.78 Å². The number of fused-ring (bicyclic) bond motifs is 1. The van der Waals surface area contributed by atoms with E-state index in [1.165, 1.54) is 11.1 Å². The van der Waals surface area contributed by atoms with E-state index in [9.17, 15) is 4.79 Å². The number of aromatic nitrogens is 4. The molecule has 0 amide bonds. The second-order valence-electron chi connectivity index (χ2n) is 7.70. The van der Waals surface area contributed by atoms with Crippen molar-refractivity contribution in [3.8, 4) is 0 Å². The van der Waals surface area contributed by atoms with E-state index in [1.54, 1.807) is 6.20 Å². The SMILES string of the molecule is Cc1ccc2[nH]c(CCN3CCCC(C(=O)c4nccn4C)C3)nc2c1C. The Kier molecular flexibility index (Phi) is 4.83. The van der Waals surface area contributed by atoms with Gasteiger partial charge in [-0.25, -0.2) is 9.97 Å². The Labute approximate surface area is 159 Å². The minimum absolute atomic E-state index is 0.0421. The smallest absolute Gasteiger partial charge is 0.202 e. The monoisotopic (exact) mass is 365 g/mol. The van der Waals surface area contributed by atoms with E-state index >= 15 is 0 Å². The molecule has 1 saturated heterocycles. The van der Waals surface area contributed by atoms with E-state index < -0.39 is 0 Å². The first-order chi connectivity index (χ1) is 13.0. The molecule has 142 valence electrons. The Bertz CT molecular complexity index is 970. The topological polar surface area (TPSA) is 66.8 Å². The van der Waals surface area contributed by atoms with Gasteiger partial charge in [0.1, 0.15) is 5.82 Å². The average molecular weight is 365 g/mol. The van der Waals surface area contributed by atoms with Gasteiger partial charge in [0.15, 0.2) is 5.82 Å². The summed E-state index contributed by atoms with van der Waals surface area (Å²) in [5, 5.41) is 0. The highest BCUT2D eigenvalue weighted by Crippen LogP contribution is 2.22. The average Bonchev–Trinajstić information content (AvgIpc) is 3.29. The van der Waals surface area contributed by atoms with Gasteiger partial charge in [-0.15, -0.1) is 0 Å². The summed E-state index contributed by atoms with van der Waals surface area (Å²) in [5.74, 6) is 1.81. The second-order valence-corrected chi connectivity index (χ2v) is 7.70. The predicted octanol–water partition coefficient (Wildman–Crippen LogP) is 3.05. The van der Waals surface area contributed by atoms with E-state index in [2.05, 4.69) is 40.8 Å². The number of rotatable bonds is 5. The predicted molar refractivity (Wildman–Crippen MR) is 106 cm³/mol. The summed E-state index contributed by atoms with van der Waals surface area (Å²) < 4.78 is 1.82. The normalized spacial score (nSPS) is 18.3. The number of imidazole rings is 2.